The lowest BCUT2D eigenvalue weighted by atomic mass is 9.98. The quantitative estimate of drug-likeness (QED) is 0.204. The Balaban J connectivity index is 1.31. The van der Waals surface area contributed by atoms with Gasteiger partial charge in [-0.3, -0.25) is 14.4 Å². The third-order valence-corrected chi connectivity index (χ3v) is 7.53. The van der Waals surface area contributed by atoms with Crippen molar-refractivity contribution in [2.45, 2.75) is 38.1 Å². The van der Waals surface area contributed by atoms with E-state index in [0.717, 1.165) is 54.5 Å². The van der Waals surface area contributed by atoms with Crippen LogP contribution in [0.4, 0.5) is 0 Å². The number of likely N-dealkylation sites (tertiary alicyclic amines) is 1. The number of methoxy groups -OCH3 is 1. The van der Waals surface area contributed by atoms with Crippen LogP contribution >= 0.6 is 0 Å². The highest BCUT2D eigenvalue weighted by Gasteiger charge is 2.32. The summed E-state index contributed by atoms with van der Waals surface area (Å²) >= 11 is 0. The average Bonchev–Trinajstić information content (AvgIpc) is 3.65. The van der Waals surface area contributed by atoms with Gasteiger partial charge in [-0.1, -0.05) is 18.0 Å². The van der Waals surface area contributed by atoms with Gasteiger partial charge in [0.1, 0.15) is 23.5 Å². The van der Waals surface area contributed by atoms with Crippen molar-refractivity contribution in [1.29, 1.82) is 0 Å². The first-order chi connectivity index (χ1) is 19.3. The number of pyridine rings is 1. The second-order valence-corrected chi connectivity index (χ2v) is 10.4. The van der Waals surface area contributed by atoms with E-state index in [1.54, 1.807) is 43.1 Å². The van der Waals surface area contributed by atoms with Crippen molar-refractivity contribution in [2.24, 2.45) is 13.0 Å². The summed E-state index contributed by atoms with van der Waals surface area (Å²) < 4.78 is 12.0. The highest BCUT2D eigenvalue weighted by molar-refractivity contribution is 5.93. The number of Topliss-reactive ketones (excluding diaryl/α,β-unsaturated/α-hetero) is 1. The van der Waals surface area contributed by atoms with Gasteiger partial charge in [0.25, 0.3) is 5.56 Å². The van der Waals surface area contributed by atoms with E-state index >= 15 is 0 Å². The molecule has 1 amide bonds. The largest absolute Gasteiger partial charge is 0.496 e. The number of carbonyl (C=O) groups is 2. The maximum atomic E-state index is 13.0. The van der Waals surface area contributed by atoms with E-state index in [9.17, 15) is 14.4 Å². The van der Waals surface area contributed by atoms with Gasteiger partial charge in [0.15, 0.2) is 5.78 Å². The van der Waals surface area contributed by atoms with Gasteiger partial charge < -0.3 is 29.0 Å². The Hall–Kier alpha value is -4.25. The van der Waals surface area contributed by atoms with Crippen LogP contribution in [0.1, 0.15) is 54.5 Å². The molecule has 0 unspecified atom stereocenters. The fraction of sp³-hybridized carbons (Fsp3) is 0.414. The topological polar surface area (TPSA) is 135 Å². The zero-order chi connectivity index (χ0) is 28.2. The normalized spacial score (nSPS) is 14.7. The van der Waals surface area contributed by atoms with Gasteiger partial charge in [-0.25, -0.2) is 4.98 Å². The highest BCUT2D eigenvalue weighted by Crippen LogP contribution is 2.34. The van der Waals surface area contributed by atoms with Gasteiger partial charge in [0.05, 0.1) is 36.5 Å². The minimum absolute atomic E-state index is 0.0199. The number of amides is 1. The minimum atomic E-state index is -0.300. The maximum absolute atomic E-state index is 13.0. The summed E-state index contributed by atoms with van der Waals surface area (Å²) in [5, 5.41) is 7.80. The molecule has 3 aromatic heterocycles. The average molecular weight is 547 g/mol. The number of ketones is 1. The van der Waals surface area contributed by atoms with E-state index in [-0.39, 0.29) is 29.2 Å². The van der Waals surface area contributed by atoms with Crippen LogP contribution in [-0.2, 0) is 11.8 Å². The van der Waals surface area contributed by atoms with Crippen molar-refractivity contribution >= 4 is 22.6 Å². The minimum Gasteiger partial charge on any atom is -0.496 e. The lowest BCUT2D eigenvalue weighted by Crippen LogP contribution is -2.52. The molecular formula is C29H34N6O5. The highest BCUT2D eigenvalue weighted by atomic mass is 16.5. The standard InChI is InChI=1S/C29H34N6O5/c1-34-16-19(17-34)29(38)32-22(7-5-4-6-8-25(36)21-11-12-40-33-21)28-30-15-23(31-28)20-13-18-9-10-27(37)35(2)24(18)14-26(20)39-3/h9-15,19,22H,4-8,16-17H2,1-3H3,(H,30,31)(H,32,38)/t22-/m0/s1. The lowest BCUT2D eigenvalue weighted by molar-refractivity contribution is -0.130. The molecule has 1 aliphatic rings. The van der Waals surface area contributed by atoms with Crippen LogP contribution in [0, 0.1) is 5.92 Å². The third-order valence-electron chi connectivity index (χ3n) is 7.53. The molecule has 0 bridgehead atoms. The number of rotatable bonds is 12. The van der Waals surface area contributed by atoms with E-state index in [0.29, 0.717) is 30.1 Å². The first kappa shape index (κ1) is 27.3. The Morgan fingerprint density at radius 3 is 2.73 bits per heavy atom. The van der Waals surface area contributed by atoms with E-state index in [4.69, 9.17) is 9.26 Å². The number of carbonyl (C=O) groups excluding carboxylic acids is 2. The van der Waals surface area contributed by atoms with Crippen LogP contribution in [-0.4, -0.2) is 63.5 Å². The molecular weight excluding hydrogens is 512 g/mol. The second-order valence-electron chi connectivity index (χ2n) is 10.4. The molecule has 40 heavy (non-hydrogen) atoms. The number of aromatic nitrogens is 4. The Morgan fingerprint density at radius 1 is 1.18 bits per heavy atom. The van der Waals surface area contributed by atoms with Crippen molar-refractivity contribution in [1.82, 2.24) is 29.9 Å². The number of nitrogens with zero attached hydrogens (tertiary/aromatic N) is 4. The van der Waals surface area contributed by atoms with Crippen LogP contribution in [0.25, 0.3) is 22.2 Å². The van der Waals surface area contributed by atoms with Crippen LogP contribution < -0.4 is 15.6 Å². The van der Waals surface area contributed by atoms with Crippen molar-refractivity contribution < 1.29 is 18.8 Å². The predicted octanol–water partition coefficient (Wildman–Crippen LogP) is 3.48. The van der Waals surface area contributed by atoms with Crippen LogP contribution in [0.5, 0.6) is 5.75 Å². The summed E-state index contributed by atoms with van der Waals surface area (Å²) in [6.45, 7) is 1.48. The predicted molar refractivity (Wildman–Crippen MR) is 149 cm³/mol. The number of aromatic amines is 1. The van der Waals surface area contributed by atoms with Crippen LogP contribution in [0.15, 0.2) is 52.1 Å². The number of nitrogens with one attached hydrogen (secondary N) is 2. The third kappa shape index (κ3) is 5.84. The molecule has 0 radical (unpaired) electrons. The SMILES string of the molecule is COc1cc2c(ccc(=O)n2C)cc1-c1cnc([C@H](CCCCCC(=O)c2ccon2)NC(=O)C2CN(C)C2)[nH]1. The summed E-state index contributed by atoms with van der Waals surface area (Å²) in [6, 6.07) is 8.43. The second kappa shape index (κ2) is 11.9. The van der Waals surface area contributed by atoms with E-state index < -0.39 is 0 Å². The molecule has 1 aliphatic heterocycles. The molecule has 0 aliphatic carbocycles. The molecule has 0 saturated carbocycles. The number of unbranched alkanes of at least 4 members (excludes halogenated alkanes) is 2. The molecule has 4 aromatic rings. The van der Waals surface area contributed by atoms with Gasteiger partial charge >= 0.3 is 0 Å². The molecule has 11 nitrogen and oxygen atoms in total. The number of hydrogen-bond acceptors (Lipinski definition) is 8. The van der Waals surface area contributed by atoms with Crippen molar-refractivity contribution in [3.63, 3.8) is 0 Å². The number of hydrogen-bond donors (Lipinski definition) is 2. The summed E-state index contributed by atoms with van der Waals surface area (Å²) in [6.07, 6.45) is 6.58. The summed E-state index contributed by atoms with van der Waals surface area (Å²) in [5.41, 5.74) is 2.59. The molecule has 2 N–H and O–H groups in total. The molecule has 5 rings (SSSR count). The number of fused-ring (bicyclic) bond motifs is 1. The van der Waals surface area contributed by atoms with E-state index in [1.807, 2.05) is 19.2 Å². The van der Waals surface area contributed by atoms with E-state index in [1.165, 1.54) is 6.26 Å². The molecule has 1 atom stereocenters. The Kier molecular flexibility index (Phi) is 8.11. The molecule has 1 saturated heterocycles. The van der Waals surface area contributed by atoms with Crippen molar-refractivity contribution in [3.8, 4) is 17.0 Å². The molecule has 1 fully saturated rings. The fourth-order valence-electron chi connectivity index (χ4n) is 5.16. The van der Waals surface area contributed by atoms with Crippen molar-refractivity contribution in [3.05, 3.63) is 64.7 Å². The first-order valence-corrected chi connectivity index (χ1v) is 13.5. The molecule has 0 spiro atoms. The van der Waals surface area contributed by atoms with Gasteiger partial charge in [-0.2, -0.15) is 0 Å². The summed E-state index contributed by atoms with van der Waals surface area (Å²) in [4.78, 5) is 47.4. The van der Waals surface area contributed by atoms with Gasteiger partial charge in [0.2, 0.25) is 5.91 Å². The van der Waals surface area contributed by atoms with Crippen LogP contribution in [0.2, 0.25) is 0 Å². The summed E-state index contributed by atoms with van der Waals surface area (Å²) in [5.74, 6) is 1.23. The smallest absolute Gasteiger partial charge is 0.250 e. The first-order valence-electron chi connectivity index (χ1n) is 13.5. The number of benzene rings is 1. The Morgan fingerprint density at radius 2 is 2.00 bits per heavy atom. The number of imidazole rings is 1. The zero-order valence-electron chi connectivity index (χ0n) is 23.0. The number of aryl methyl sites for hydroxylation is 1. The zero-order valence-corrected chi connectivity index (χ0v) is 23.0. The van der Waals surface area contributed by atoms with Crippen LogP contribution in [0.3, 0.4) is 0 Å². The maximum Gasteiger partial charge on any atom is 0.250 e. The molecule has 210 valence electrons. The number of ether oxygens (including phenoxy) is 1. The fourth-order valence-corrected chi connectivity index (χ4v) is 5.16. The van der Waals surface area contributed by atoms with Gasteiger partial charge in [-0.05, 0) is 37.4 Å². The van der Waals surface area contributed by atoms with E-state index in [2.05, 4.69) is 25.3 Å². The molecule has 11 heteroatoms. The Bertz CT molecular complexity index is 1550. The van der Waals surface area contributed by atoms with Crippen molar-refractivity contribution in [2.75, 3.05) is 27.2 Å². The monoisotopic (exact) mass is 546 g/mol. The van der Waals surface area contributed by atoms with Gasteiger partial charge in [0, 0.05) is 50.3 Å². The lowest BCUT2D eigenvalue weighted by Gasteiger charge is -2.35. The molecule has 4 heterocycles. The Labute approximate surface area is 231 Å². The number of H-pyrrole nitrogens is 1. The summed E-state index contributed by atoms with van der Waals surface area (Å²) in [7, 11) is 5.32. The molecule has 1 aromatic carbocycles. The van der Waals surface area contributed by atoms with Gasteiger partial charge in [-0.15, -0.1) is 0 Å².